The van der Waals surface area contributed by atoms with E-state index in [9.17, 15) is 0 Å². The third-order valence-corrected chi connectivity index (χ3v) is 3.80. The molecule has 92 valence electrons. The highest BCUT2D eigenvalue weighted by atomic mass is 14.9. The molecule has 1 nitrogen and oxygen atoms in total. The maximum absolute atomic E-state index is 2.35. The van der Waals surface area contributed by atoms with Gasteiger partial charge in [-0.25, -0.2) is 0 Å². The number of aryl methyl sites for hydroxylation is 2. The molecule has 0 N–H and O–H groups in total. The summed E-state index contributed by atoms with van der Waals surface area (Å²) in [6.45, 7) is 2.25. The van der Waals surface area contributed by atoms with Gasteiger partial charge in [0.1, 0.15) is 0 Å². The summed E-state index contributed by atoms with van der Waals surface area (Å²) in [6, 6.07) is 15.6. The first-order chi connectivity index (χ1) is 8.81. The van der Waals surface area contributed by atoms with Crippen molar-refractivity contribution in [3.05, 3.63) is 48.0 Å². The lowest BCUT2D eigenvalue weighted by Gasteiger charge is -2.02. The van der Waals surface area contributed by atoms with E-state index >= 15 is 0 Å². The van der Waals surface area contributed by atoms with Crippen LogP contribution in [0.3, 0.4) is 0 Å². The Morgan fingerprint density at radius 2 is 1.72 bits per heavy atom. The molecule has 0 atom stereocenters. The first kappa shape index (κ1) is 11.3. The fourth-order valence-electron chi connectivity index (χ4n) is 2.74. The molecule has 0 aliphatic carbocycles. The minimum atomic E-state index is 1.19. The summed E-state index contributed by atoms with van der Waals surface area (Å²) in [6.07, 6.45) is 3.72. The Labute approximate surface area is 108 Å². The van der Waals surface area contributed by atoms with Crippen LogP contribution in [0.4, 0.5) is 0 Å². The third kappa shape index (κ3) is 1.71. The van der Waals surface area contributed by atoms with Crippen molar-refractivity contribution in [2.75, 3.05) is 0 Å². The Morgan fingerprint density at radius 3 is 2.56 bits per heavy atom. The van der Waals surface area contributed by atoms with E-state index in [1.807, 2.05) is 0 Å². The van der Waals surface area contributed by atoms with Crippen molar-refractivity contribution in [2.45, 2.75) is 26.2 Å². The van der Waals surface area contributed by atoms with Crippen molar-refractivity contribution in [1.29, 1.82) is 0 Å². The van der Waals surface area contributed by atoms with Crippen molar-refractivity contribution in [3.63, 3.8) is 0 Å². The zero-order valence-electron chi connectivity index (χ0n) is 11.1. The Bertz CT molecular complexity index is 691. The second-order valence-electron chi connectivity index (χ2n) is 5.03. The number of para-hydroxylation sites is 1. The first-order valence-electron chi connectivity index (χ1n) is 6.77. The summed E-state index contributed by atoms with van der Waals surface area (Å²) in [7, 11) is 2.16. The summed E-state index contributed by atoms with van der Waals surface area (Å²) < 4.78 is 2.31. The van der Waals surface area contributed by atoms with Crippen molar-refractivity contribution >= 4 is 21.8 Å². The van der Waals surface area contributed by atoms with Gasteiger partial charge in [-0.15, -0.1) is 0 Å². The summed E-state index contributed by atoms with van der Waals surface area (Å²) in [5, 5.41) is 2.73. The number of fused-ring (bicyclic) bond motifs is 3. The van der Waals surface area contributed by atoms with Crippen molar-refractivity contribution in [2.24, 2.45) is 7.05 Å². The van der Waals surface area contributed by atoms with E-state index in [1.54, 1.807) is 0 Å². The van der Waals surface area contributed by atoms with Crippen LogP contribution in [0.5, 0.6) is 0 Å². The number of rotatable bonds is 3. The van der Waals surface area contributed by atoms with E-state index in [0.717, 1.165) is 0 Å². The molecule has 0 saturated carbocycles. The van der Waals surface area contributed by atoms with Crippen LogP contribution < -0.4 is 0 Å². The molecule has 0 spiro atoms. The van der Waals surface area contributed by atoms with Crippen molar-refractivity contribution < 1.29 is 0 Å². The molecule has 1 aromatic heterocycles. The summed E-state index contributed by atoms with van der Waals surface area (Å²) in [5.41, 5.74) is 4.13. The van der Waals surface area contributed by atoms with Gasteiger partial charge >= 0.3 is 0 Å². The summed E-state index contributed by atoms with van der Waals surface area (Å²) in [5.74, 6) is 0. The number of aromatic nitrogens is 1. The van der Waals surface area contributed by atoms with Gasteiger partial charge in [0.25, 0.3) is 0 Å². The molecule has 0 aliphatic rings. The van der Waals surface area contributed by atoms with E-state index < -0.39 is 0 Å². The lowest BCUT2D eigenvalue weighted by atomic mass is 10.1. The van der Waals surface area contributed by atoms with Crippen LogP contribution in [0.1, 0.15) is 25.3 Å². The zero-order chi connectivity index (χ0) is 12.5. The average molecular weight is 237 g/mol. The second kappa shape index (κ2) is 4.49. The van der Waals surface area contributed by atoms with Crippen LogP contribution in [0, 0.1) is 0 Å². The lowest BCUT2D eigenvalue weighted by molar-refractivity contribution is 0.795. The van der Waals surface area contributed by atoms with E-state index in [2.05, 4.69) is 61.0 Å². The fraction of sp³-hybridized carbons (Fsp3) is 0.294. The SMILES string of the molecule is CCCCc1ccc2c3ccccc3n(C)c2c1. The Balaban J connectivity index is 2.22. The molecule has 3 rings (SSSR count). The number of benzene rings is 2. The minimum absolute atomic E-state index is 1.19. The molecule has 0 aliphatic heterocycles. The smallest absolute Gasteiger partial charge is 0.0491 e. The average Bonchev–Trinajstić information content (AvgIpc) is 2.71. The number of hydrogen-bond acceptors (Lipinski definition) is 0. The Kier molecular flexibility index (Phi) is 2.83. The maximum Gasteiger partial charge on any atom is 0.0491 e. The van der Waals surface area contributed by atoms with Gasteiger partial charge in [-0.3, -0.25) is 0 Å². The van der Waals surface area contributed by atoms with Gasteiger partial charge in [-0.1, -0.05) is 43.7 Å². The molecule has 0 amide bonds. The van der Waals surface area contributed by atoms with Gasteiger partial charge in [0.05, 0.1) is 0 Å². The maximum atomic E-state index is 2.35. The number of nitrogens with zero attached hydrogens (tertiary/aromatic N) is 1. The van der Waals surface area contributed by atoms with E-state index in [-0.39, 0.29) is 0 Å². The molecule has 2 aromatic carbocycles. The normalized spacial score (nSPS) is 11.4. The third-order valence-electron chi connectivity index (χ3n) is 3.80. The molecular formula is C17H19N. The molecule has 0 bridgehead atoms. The number of hydrogen-bond donors (Lipinski definition) is 0. The molecular weight excluding hydrogens is 218 g/mol. The van der Waals surface area contributed by atoms with Gasteiger partial charge < -0.3 is 4.57 Å². The molecule has 1 heteroatoms. The minimum Gasteiger partial charge on any atom is -0.344 e. The second-order valence-corrected chi connectivity index (χ2v) is 5.03. The largest absolute Gasteiger partial charge is 0.344 e. The molecule has 0 saturated heterocycles. The predicted octanol–water partition coefficient (Wildman–Crippen LogP) is 4.67. The van der Waals surface area contributed by atoms with E-state index in [4.69, 9.17) is 0 Å². The Hall–Kier alpha value is -1.76. The number of unbranched alkanes of at least 4 members (excludes halogenated alkanes) is 1. The molecule has 0 radical (unpaired) electrons. The highest BCUT2D eigenvalue weighted by molar-refractivity contribution is 6.08. The quantitative estimate of drug-likeness (QED) is 0.623. The summed E-state index contributed by atoms with van der Waals surface area (Å²) >= 11 is 0. The van der Waals surface area contributed by atoms with Crippen LogP contribution in [-0.4, -0.2) is 4.57 Å². The van der Waals surface area contributed by atoms with Crippen molar-refractivity contribution in [3.8, 4) is 0 Å². The summed E-state index contributed by atoms with van der Waals surface area (Å²) in [4.78, 5) is 0. The predicted molar refractivity (Wildman–Crippen MR) is 79.0 cm³/mol. The van der Waals surface area contributed by atoms with E-state index in [0.29, 0.717) is 0 Å². The van der Waals surface area contributed by atoms with Gasteiger partial charge in [0, 0.05) is 28.9 Å². The molecule has 18 heavy (non-hydrogen) atoms. The van der Waals surface area contributed by atoms with Crippen LogP contribution in [0.2, 0.25) is 0 Å². The molecule has 3 aromatic rings. The van der Waals surface area contributed by atoms with Crippen LogP contribution in [0.15, 0.2) is 42.5 Å². The first-order valence-corrected chi connectivity index (χ1v) is 6.77. The van der Waals surface area contributed by atoms with Gasteiger partial charge in [0.2, 0.25) is 0 Å². The molecule has 0 unspecified atom stereocenters. The lowest BCUT2D eigenvalue weighted by Crippen LogP contribution is -1.89. The Morgan fingerprint density at radius 1 is 0.944 bits per heavy atom. The van der Waals surface area contributed by atoms with Gasteiger partial charge in [0.15, 0.2) is 0 Å². The monoisotopic (exact) mass is 237 g/mol. The standard InChI is InChI=1S/C17H19N/c1-3-4-7-13-10-11-15-14-8-5-6-9-16(14)18(2)17(15)12-13/h5-6,8-12H,3-4,7H2,1-2H3. The highest BCUT2D eigenvalue weighted by Crippen LogP contribution is 2.28. The molecule has 1 heterocycles. The van der Waals surface area contributed by atoms with Crippen LogP contribution >= 0.6 is 0 Å². The van der Waals surface area contributed by atoms with Crippen LogP contribution in [0.25, 0.3) is 21.8 Å². The zero-order valence-corrected chi connectivity index (χ0v) is 11.1. The highest BCUT2D eigenvalue weighted by Gasteiger charge is 2.07. The van der Waals surface area contributed by atoms with Gasteiger partial charge in [-0.2, -0.15) is 0 Å². The van der Waals surface area contributed by atoms with Gasteiger partial charge in [-0.05, 0) is 30.5 Å². The fourth-order valence-corrected chi connectivity index (χ4v) is 2.74. The van der Waals surface area contributed by atoms with Crippen LogP contribution in [-0.2, 0) is 13.5 Å². The molecule has 0 fully saturated rings. The van der Waals surface area contributed by atoms with Crippen molar-refractivity contribution in [1.82, 2.24) is 4.57 Å². The van der Waals surface area contributed by atoms with E-state index in [1.165, 1.54) is 46.6 Å². The topological polar surface area (TPSA) is 4.93 Å².